The van der Waals surface area contributed by atoms with Crippen LogP contribution in [-0.2, 0) is 19.1 Å². The Kier molecular flexibility index (Phi) is 6.95. The van der Waals surface area contributed by atoms with E-state index >= 15 is 0 Å². The molecule has 1 atom stereocenters. The fourth-order valence-electron chi connectivity index (χ4n) is 3.80. The maximum atomic E-state index is 12.5. The molecule has 7 nitrogen and oxygen atoms in total. The van der Waals surface area contributed by atoms with Crippen molar-refractivity contribution in [3.8, 4) is 0 Å². The Balaban J connectivity index is 1.92. The van der Waals surface area contributed by atoms with Gasteiger partial charge in [-0.05, 0) is 63.4 Å². The van der Waals surface area contributed by atoms with E-state index in [1.807, 2.05) is 24.3 Å². The lowest BCUT2D eigenvalue weighted by Crippen LogP contribution is -2.45. The van der Waals surface area contributed by atoms with Crippen molar-refractivity contribution >= 4 is 23.3 Å². The van der Waals surface area contributed by atoms with E-state index in [4.69, 9.17) is 9.47 Å². The third kappa shape index (κ3) is 4.57. The van der Waals surface area contributed by atoms with E-state index in [0.717, 1.165) is 30.9 Å². The van der Waals surface area contributed by atoms with Gasteiger partial charge in [0.05, 0.1) is 19.8 Å². The van der Waals surface area contributed by atoms with E-state index < -0.39 is 11.9 Å². The summed E-state index contributed by atoms with van der Waals surface area (Å²) in [6, 6.07) is 8.53. The van der Waals surface area contributed by atoms with E-state index in [1.54, 1.807) is 29.3 Å². The molecular formula is C23H29N3O4. The van der Waals surface area contributed by atoms with Crippen LogP contribution in [0.5, 0.6) is 0 Å². The Morgan fingerprint density at radius 2 is 1.67 bits per heavy atom. The molecule has 0 aromatic heterocycles. The Hall–Kier alpha value is -3.06. The number of likely N-dealkylation sites (N-methyl/N-ethyl adjacent to an activating group) is 1. The molecule has 0 bridgehead atoms. The van der Waals surface area contributed by atoms with Gasteiger partial charge >= 0.3 is 11.9 Å². The lowest BCUT2D eigenvalue weighted by molar-refractivity contribution is -0.139. The van der Waals surface area contributed by atoms with Gasteiger partial charge in [0.1, 0.15) is 5.70 Å². The van der Waals surface area contributed by atoms with Crippen LogP contribution >= 0.6 is 0 Å². The second-order valence-corrected chi connectivity index (χ2v) is 7.54. The van der Waals surface area contributed by atoms with Crippen molar-refractivity contribution in [1.29, 1.82) is 0 Å². The van der Waals surface area contributed by atoms with Gasteiger partial charge in [-0.3, -0.25) is 0 Å². The van der Waals surface area contributed by atoms with Gasteiger partial charge in [0.2, 0.25) is 0 Å². The Bertz CT molecular complexity index is 871. The summed E-state index contributed by atoms with van der Waals surface area (Å²) in [6.07, 6.45) is 9.10. The number of nitrogens with zero attached hydrogens (tertiary/aromatic N) is 3. The number of esters is 2. The first kappa shape index (κ1) is 21.6. The highest BCUT2D eigenvalue weighted by atomic mass is 16.5. The van der Waals surface area contributed by atoms with Gasteiger partial charge in [-0.1, -0.05) is 6.08 Å². The Labute approximate surface area is 177 Å². The van der Waals surface area contributed by atoms with Crippen molar-refractivity contribution in [3.05, 3.63) is 60.0 Å². The minimum absolute atomic E-state index is 0.118. The first-order chi connectivity index (χ1) is 14.5. The molecule has 0 amide bonds. The average molecular weight is 412 g/mol. The molecule has 2 aliphatic heterocycles. The van der Waals surface area contributed by atoms with Crippen LogP contribution in [0.25, 0.3) is 0 Å². The quantitative estimate of drug-likeness (QED) is 0.691. The molecule has 1 unspecified atom stereocenters. The van der Waals surface area contributed by atoms with Crippen LogP contribution in [0, 0.1) is 0 Å². The first-order valence-corrected chi connectivity index (χ1v) is 10.0. The van der Waals surface area contributed by atoms with Crippen molar-refractivity contribution in [2.75, 3.05) is 51.2 Å². The van der Waals surface area contributed by atoms with Gasteiger partial charge < -0.3 is 24.2 Å². The van der Waals surface area contributed by atoms with Gasteiger partial charge in [-0.2, -0.15) is 0 Å². The number of anilines is 2. The molecule has 0 radical (unpaired) electrons. The van der Waals surface area contributed by atoms with Gasteiger partial charge in [0.25, 0.3) is 0 Å². The maximum Gasteiger partial charge on any atom is 0.355 e. The summed E-state index contributed by atoms with van der Waals surface area (Å²) in [5.74, 6) is -1.21. The van der Waals surface area contributed by atoms with Crippen molar-refractivity contribution in [2.24, 2.45) is 0 Å². The number of piperidine rings is 1. The molecule has 7 heteroatoms. The van der Waals surface area contributed by atoms with E-state index in [-0.39, 0.29) is 11.3 Å². The molecule has 0 spiro atoms. The molecule has 3 rings (SSSR count). The third-order valence-electron chi connectivity index (χ3n) is 5.51. The largest absolute Gasteiger partial charge is 0.465 e. The zero-order chi connectivity index (χ0) is 21.7. The zero-order valence-corrected chi connectivity index (χ0v) is 18.0. The Morgan fingerprint density at radius 3 is 2.30 bits per heavy atom. The number of benzene rings is 1. The predicted molar refractivity (Wildman–Crippen MR) is 117 cm³/mol. The minimum Gasteiger partial charge on any atom is -0.465 e. The summed E-state index contributed by atoms with van der Waals surface area (Å²) in [5.41, 5.74) is 2.15. The van der Waals surface area contributed by atoms with Crippen LogP contribution in [0.15, 0.2) is 60.0 Å². The molecule has 2 heterocycles. The average Bonchev–Trinajstić information content (AvgIpc) is 3.01. The molecule has 1 saturated heterocycles. The van der Waals surface area contributed by atoms with Crippen molar-refractivity contribution < 1.29 is 19.1 Å². The summed E-state index contributed by atoms with van der Waals surface area (Å²) >= 11 is 0. The summed E-state index contributed by atoms with van der Waals surface area (Å²) in [5, 5.41) is 0. The monoisotopic (exact) mass is 411 g/mol. The fourth-order valence-corrected chi connectivity index (χ4v) is 3.80. The fraction of sp³-hybridized carbons (Fsp3) is 0.391. The number of carbonyl (C=O) groups is 2. The van der Waals surface area contributed by atoms with Crippen LogP contribution in [0.1, 0.15) is 12.8 Å². The van der Waals surface area contributed by atoms with E-state index in [2.05, 4.69) is 23.9 Å². The van der Waals surface area contributed by atoms with Crippen LogP contribution < -0.4 is 9.80 Å². The van der Waals surface area contributed by atoms with E-state index in [1.165, 1.54) is 20.6 Å². The highest BCUT2D eigenvalue weighted by Gasteiger charge is 2.28. The smallest absolute Gasteiger partial charge is 0.355 e. The number of allylic oxidation sites excluding steroid dienone is 2. The molecule has 30 heavy (non-hydrogen) atoms. The molecule has 2 aliphatic rings. The number of hydrogen-bond donors (Lipinski definition) is 0. The van der Waals surface area contributed by atoms with Crippen LogP contribution in [-0.4, -0.2) is 64.3 Å². The normalized spacial score (nSPS) is 19.2. The molecule has 1 aromatic carbocycles. The number of carbonyl (C=O) groups excluding carboxylic acids is 2. The molecular weight excluding hydrogens is 382 g/mol. The molecule has 160 valence electrons. The van der Waals surface area contributed by atoms with Gasteiger partial charge in [-0.25, -0.2) is 9.59 Å². The molecule has 1 fully saturated rings. The molecule has 1 aromatic rings. The number of ether oxygens (including phenoxy) is 2. The number of hydrogen-bond acceptors (Lipinski definition) is 7. The van der Waals surface area contributed by atoms with E-state index in [0.29, 0.717) is 6.04 Å². The van der Waals surface area contributed by atoms with E-state index in [9.17, 15) is 9.59 Å². The molecule has 0 saturated carbocycles. The van der Waals surface area contributed by atoms with Crippen molar-refractivity contribution in [1.82, 2.24) is 4.90 Å². The number of rotatable bonds is 5. The highest BCUT2D eigenvalue weighted by Crippen LogP contribution is 2.29. The topological polar surface area (TPSA) is 62.3 Å². The predicted octanol–water partition coefficient (Wildman–Crippen LogP) is 2.71. The molecule has 0 N–H and O–H groups in total. The van der Waals surface area contributed by atoms with Crippen LogP contribution in [0.4, 0.5) is 11.4 Å². The summed E-state index contributed by atoms with van der Waals surface area (Å²) in [4.78, 5) is 31.1. The zero-order valence-electron chi connectivity index (χ0n) is 18.0. The summed E-state index contributed by atoms with van der Waals surface area (Å²) in [7, 11) is 6.82. The second-order valence-electron chi connectivity index (χ2n) is 7.54. The van der Waals surface area contributed by atoms with Gasteiger partial charge in [0.15, 0.2) is 0 Å². The summed E-state index contributed by atoms with van der Waals surface area (Å²) < 4.78 is 9.81. The minimum atomic E-state index is -0.611. The standard InChI is InChI=1S/C23H29N3O4/c1-24(2)19-8-7-14-25(16-19)17-10-12-18(13-11-17)26-15-6-5-9-20(22(27)29-3)21(26)23(28)30-4/h5-6,9-13,15,19H,7-8,14,16H2,1-4H3. The first-order valence-electron chi connectivity index (χ1n) is 10.0. The third-order valence-corrected chi connectivity index (χ3v) is 5.51. The van der Waals surface area contributed by atoms with Crippen molar-refractivity contribution in [3.63, 3.8) is 0 Å². The van der Waals surface area contributed by atoms with Gasteiger partial charge in [-0.15, -0.1) is 0 Å². The highest BCUT2D eigenvalue weighted by molar-refractivity contribution is 6.05. The maximum absolute atomic E-state index is 12.5. The van der Waals surface area contributed by atoms with Crippen LogP contribution in [0.2, 0.25) is 0 Å². The lowest BCUT2D eigenvalue weighted by Gasteiger charge is -2.37. The van der Waals surface area contributed by atoms with Gasteiger partial charge in [0, 0.05) is 36.7 Å². The summed E-state index contributed by atoms with van der Waals surface area (Å²) in [6.45, 7) is 2.01. The van der Waals surface area contributed by atoms with Crippen molar-refractivity contribution in [2.45, 2.75) is 18.9 Å². The Morgan fingerprint density at radius 1 is 1.00 bits per heavy atom. The second kappa shape index (κ2) is 9.63. The molecule has 0 aliphatic carbocycles. The SMILES string of the molecule is COC(=O)C1=C(C(=O)OC)N(c2ccc(N3CCCC(N(C)C)C3)cc2)C=CC=C1. The van der Waals surface area contributed by atoms with Crippen LogP contribution in [0.3, 0.4) is 0 Å². The lowest BCUT2D eigenvalue weighted by atomic mass is 10.0. The number of methoxy groups -OCH3 is 2.